The second-order valence-electron chi connectivity index (χ2n) is 5.87. The summed E-state index contributed by atoms with van der Waals surface area (Å²) in [6.07, 6.45) is 7.15. The Hall–Kier alpha value is -1.46. The number of carbonyl (C=O) groups excluding carboxylic acids is 1. The summed E-state index contributed by atoms with van der Waals surface area (Å²) in [7, 11) is 0. The Labute approximate surface area is 127 Å². The monoisotopic (exact) mass is 302 g/mol. The summed E-state index contributed by atoms with van der Waals surface area (Å²) in [5.74, 6) is 0.00273. The molecule has 2 aliphatic heterocycles. The maximum atomic E-state index is 12.5. The van der Waals surface area contributed by atoms with Crippen LogP contribution in [0.5, 0.6) is 0 Å². The lowest BCUT2D eigenvalue weighted by Crippen LogP contribution is -2.42. The Bertz CT molecular complexity index is 697. The summed E-state index contributed by atoms with van der Waals surface area (Å²) < 4.78 is 5.46. The van der Waals surface area contributed by atoms with E-state index in [0.717, 1.165) is 22.3 Å². The van der Waals surface area contributed by atoms with Crippen LogP contribution in [0.25, 0.3) is 11.0 Å². The lowest BCUT2D eigenvalue weighted by Gasteiger charge is -2.21. The van der Waals surface area contributed by atoms with Gasteiger partial charge in [-0.3, -0.25) is 4.79 Å². The highest BCUT2D eigenvalue weighted by Crippen LogP contribution is 2.30. The summed E-state index contributed by atoms with van der Waals surface area (Å²) in [5.41, 5.74) is 1.46. The van der Waals surface area contributed by atoms with E-state index in [1.165, 1.54) is 12.8 Å². The Morgan fingerprint density at radius 3 is 3.05 bits per heavy atom. The highest BCUT2D eigenvalue weighted by molar-refractivity contribution is 7.98. The molecular weight excluding hydrogens is 284 g/mol. The first-order chi connectivity index (χ1) is 10.2. The minimum Gasteiger partial charge on any atom is -0.464 e. The van der Waals surface area contributed by atoms with Crippen LogP contribution in [0.3, 0.4) is 0 Å². The predicted octanol–water partition coefficient (Wildman–Crippen LogP) is 2.78. The van der Waals surface area contributed by atoms with Crippen LogP contribution in [0, 0.1) is 0 Å². The number of fused-ring (bicyclic) bond motifs is 3. The number of furan rings is 1. The lowest BCUT2D eigenvalue weighted by molar-refractivity contribution is 0.0931. The van der Waals surface area contributed by atoms with E-state index in [1.807, 2.05) is 24.5 Å². The van der Waals surface area contributed by atoms with Gasteiger partial charge in [-0.05, 0) is 43.7 Å². The molecule has 110 valence electrons. The van der Waals surface area contributed by atoms with Crippen molar-refractivity contribution in [2.75, 3.05) is 6.26 Å². The molecule has 3 heterocycles. The van der Waals surface area contributed by atoms with Gasteiger partial charge in [0.1, 0.15) is 5.58 Å². The quantitative estimate of drug-likeness (QED) is 0.856. The van der Waals surface area contributed by atoms with Gasteiger partial charge in [0, 0.05) is 34.0 Å². The molecule has 1 aromatic heterocycles. The fraction of sp³-hybridized carbons (Fsp3) is 0.438. The third kappa shape index (κ3) is 2.24. The van der Waals surface area contributed by atoms with Crippen LogP contribution in [0.15, 0.2) is 33.8 Å². The SMILES string of the molecule is CSc1cc(C(=O)N[C@@H]2C[C@H]3CC[C@@H]2N3)cc2occc12. The van der Waals surface area contributed by atoms with Gasteiger partial charge < -0.3 is 15.1 Å². The van der Waals surface area contributed by atoms with Crippen molar-refractivity contribution in [3.63, 3.8) is 0 Å². The molecule has 2 bridgehead atoms. The van der Waals surface area contributed by atoms with E-state index in [9.17, 15) is 4.79 Å². The zero-order chi connectivity index (χ0) is 14.4. The molecule has 5 heteroatoms. The van der Waals surface area contributed by atoms with Gasteiger partial charge in [-0.2, -0.15) is 0 Å². The molecule has 2 aromatic rings. The number of benzene rings is 1. The number of thioether (sulfide) groups is 1. The molecule has 4 nitrogen and oxygen atoms in total. The smallest absolute Gasteiger partial charge is 0.251 e. The Balaban J connectivity index is 1.59. The van der Waals surface area contributed by atoms with E-state index < -0.39 is 0 Å². The summed E-state index contributed by atoms with van der Waals surface area (Å²) in [4.78, 5) is 13.6. The number of hydrogen-bond acceptors (Lipinski definition) is 4. The highest BCUT2D eigenvalue weighted by atomic mass is 32.2. The molecular formula is C16H18N2O2S. The van der Waals surface area contributed by atoms with Crippen molar-refractivity contribution in [1.82, 2.24) is 10.6 Å². The van der Waals surface area contributed by atoms with Crippen molar-refractivity contribution in [3.05, 3.63) is 30.0 Å². The molecule has 1 aromatic carbocycles. The fourth-order valence-corrected chi connectivity index (χ4v) is 4.21. The zero-order valence-electron chi connectivity index (χ0n) is 11.9. The van der Waals surface area contributed by atoms with E-state index in [1.54, 1.807) is 18.0 Å². The number of rotatable bonds is 3. The Kier molecular flexibility index (Phi) is 3.19. The van der Waals surface area contributed by atoms with Crippen molar-refractivity contribution in [1.29, 1.82) is 0 Å². The minimum atomic E-state index is 0.00273. The molecule has 2 aliphatic rings. The number of hydrogen-bond donors (Lipinski definition) is 2. The normalized spacial score (nSPS) is 27.4. The predicted molar refractivity (Wildman–Crippen MR) is 83.8 cm³/mol. The number of nitrogens with one attached hydrogen (secondary N) is 2. The van der Waals surface area contributed by atoms with Crippen molar-refractivity contribution < 1.29 is 9.21 Å². The summed E-state index contributed by atoms with van der Waals surface area (Å²) >= 11 is 1.64. The van der Waals surface area contributed by atoms with Crippen LogP contribution >= 0.6 is 11.8 Å². The molecule has 0 unspecified atom stereocenters. The average molecular weight is 302 g/mol. The van der Waals surface area contributed by atoms with Crippen molar-refractivity contribution in [2.45, 2.75) is 42.3 Å². The molecule has 3 atom stereocenters. The van der Waals surface area contributed by atoms with Gasteiger partial charge in [0.15, 0.2) is 0 Å². The molecule has 0 spiro atoms. The topological polar surface area (TPSA) is 54.3 Å². The third-order valence-corrected chi connectivity index (χ3v) is 5.41. The Morgan fingerprint density at radius 2 is 2.33 bits per heavy atom. The maximum Gasteiger partial charge on any atom is 0.251 e. The first kappa shape index (κ1) is 13.2. The summed E-state index contributed by atoms with van der Waals surface area (Å²) in [6.45, 7) is 0. The summed E-state index contributed by atoms with van der Waals surface area (Å²) in [5, 5.41) is 7.80. The summed E-state index contributed by atoms with van der Waals surface area (Å²) in [6, 6.07) is 7.05. The van der Waals surface area contributed by atoms with Crippen LogP contribution in [-0.4, -0.2) is 30.3 Å². The number of carbonyl (C=O) groups is 1. The van der Waals surface area contributed by atoms with Gasteiger partial charge in [-0.1, -0.05) is 0 Å². The van der Waals surface area contributed by atoms with Gasteiger partial charge in [0.2, 0.25) is 0 Å². The molecule has 0 aliphatic carbocycles. The highest BCUT2D eigenvalue weighted by Gasteiger charge is 2.39. The molecule has 0 saturated carbocycles. The van der Waals surface area contributed by atoms with E-state index >= 15 is 0 Å². The molecule has 0 radical (unpaired) electrons. The van der Waals surface area contributed by atoms with E-state index in [4.69, 9.17) is 4.42 Å². The average Bonchev–Trinajstić information content (AvgIpc) is 3.21. The van der Waals surface area contributed by atoms with Gasteiger partial charge in [0.05, 0.1) is 6.26 Å². The fourth-order valence-electron chi connectivity index (χ4n) is 3.57. The molecule has 21 heavy (non-hydrogen) atoms. The van der Waals surface area contributed by atoms with Crippen molar-refractivity contribution >= 4 is 28.6 Å². The van der Waals surface area contributed by atoms with Gasteiger partial charge in [-0.15, -0.1) is 11.8 Å². The van der Waals surface area contributed by atoms with E-state index in [-0.39, 0.29) is 11.9 Å². The Morgan fingerprint density at radius 1 is 1.43 bits per heavy atom. The minimum absolute atomic E-state index is 0.00273. The second-order valence-corrected chi connectivity index (χ2v) is 6.72. The lowest BCUT2D eigenvalue weighted by atomic mass is 9.95. The maximum absolute atomic E-state index is 12.5. The first-order valence-electron chi connectivity index (χ1n) is 7.37. The molecule has 2 fully saturated rings. The second kappa shape index (κ2) is 5.07. The van der Waals surface area contributed by atoms with Gasteiger partial charge in [-0.25, -0.2) is 0 Å². The van der Waals surface area contributed by atoms with E-state index in [0.29, 0.717) is 17.6 Å². The van der Waals surface area contributed by atoms with Gasteiger partial charge >= 0.3 is 0 Å². The van der Waals surface area contributed by atoms with Crippen molar-refractivity contribution in [2.24, 2.45) is 0 Å². The third-order valence-electron chi connectivity index (χ3n) is 4.63. The molecule has 2 saturated heterocycles. The van der Waals surface area contributed by atoms with E-state index in [2.05, 4.69) is 10.6 Å². The number of amides is 1. The van der Waals surface area contributed by atoms with Crippen LogP contribution < -0.4 is 10.6 Å². The first-order valence-corrected chi connectivity index (χ1v) is 8.59. The van der Waals surface area contributed by atoms with Crippen LogP contribution in [0.1, 0.15) is 29.6 Å². The van der Waals surface area contributed by atoms with Crippen LogP contribution in [0.2, 0.25) is 0 Å². The van der Waals surface area contributed by atoms with Crippen molar-refractivity contribution in [3.8, 4) is 0 Å². The zero-order valence-corrected chi connectivity index (χ0v) is 12.7. The largest absolute Gasteiger partial charge is 0.464 e. The standard InChI is InChI=1S/C16H18N2O2S/c1-21-15-7-9(6-14-11(15)4-5-20-14)16(19)18-13-8-10-2-3-12(13)17-10/h4-7,10,12-13,17H,2-3,8H2,1H3,(H,18,19)/t10-,12+,13-/m1/s1. The molecule has 4 rings (SSSR count). The van der Waals surface area contributed by atoms with Crippen LogP contribution in [0.4, 0.5) is 0 Å². The molecule has 1 amide bonds. The molecule has 2 N–H and O–H groups in total. The van der Waals surface area contributed by atoms with Gasteiger partial charge in [0.25, 0.3) is 5.91 Å². The van der Waals surface area contributed by atoms with Crippen LogP contribution in [-0.2, 0) is 0 Å².